The van der Waals surface area contributed by atoms with Gasteiger partial charge in [-0.25, -0.2) is 10.2 Å². The van der Waals surface area contributed by atoms with Gasteiger partial charge in [0.1, 0.15) is 5.60 Å². The highest BCUT2D eigenvalue weighted by molar-refractivity contribution is 5.87. The van der Waals surface area contributed by atoms with Crippen LogP contribution in [0, 0.1) is 11.3 Å². The lowest BCUT2D eigenvalue weighted by atomic mass is 9.80. The van der Waals surface area contributed by atoms with Gasteiger partial charge in [0.05, 0.1) is 5.41 Å². The van der Waals surface area contributed by atoms with Gasteiger partial charge in [-0.05, 0) is 59.3 Å². The second-order valence-electron chi connectivity index (χ2n) is 8.87. The number of rotatable bonds is 3. The van der Waals surface area contributed by atoms with Gasteiger partial charge < -0.3 is 14.7 Å². The molecule has 1 heterocycles. The molecule has 166 valence electrons. The number of likely N-dealkylation sites (tertiary alicyclic amines) is 1. The van der Waals surface area contributed by atoms with Gasteiger partial charge >= 0.3 is 12.3 Å². The Kier molecular flexibility index (Phi) is 6.14. The third kappa shape index (κ3) is 5.12. The van der Waals surface area contributed by atoms with E-state index in [4.69, 9.17) is 4.74 Å². The van der Waals surface area contributed by atoms with Crippen LogP contribution >= 0.6 is 0 Å². The normalized spacial score (nSPS) is 21.7. The van der Waals surface area contributed by atoms with Gasteiger partial charge in [-0.1, -0.05) is 0 Å². The molecular weight excluding hydrogens is 395 g/mol. The van der Waals surface area contributed by atoms with Crippen molar-refractivity contribution in [1.82, 2.24) is 15.8 Å². The topological polar surface area (TPSA) is 108 Å². The number of nitrogens with one attached hydrogen (secondary N) is 2. The van der Waals surface area contributed by atoms with Crippen molar-refractivity contribution in [3.63, 3.8) is 0 Å². The molecule has 1 aliphatic heterocycles. The average Bonchev–Trinajstić information content (AvgIpc) is 3.38. The van der Waals surface area contributed by atoms with Crippen LogP contribution in [0.2, 0.25) is 0 Å². The molecule has 1 unspecified atom stereocenters. The molecule has 8 nitrogen and oxygen atoms in total. The zero-order chi connectivity index (χ0) is 22.3. The fourth-order valence-electron chi connectivity index (χ4n) is 3.56. The molecule has 1 saturated heterocycles. The number of nitrogens with zero attached hydrogens (tertiary/aromatic N) is 1. The van der Waals surface area contributed by atoms with Crippen molar-refractivity contribution < 1.29 is 37.4 Å². The lowest BCUT2D eigenvalue weighted by Gasteiger charge is -2.39. The maximum absolute atomic E-state index is 12.9. The van der Waals surface area contributed by atoms with Crippen molar-refractivity contribution in [3.05, 3.63) is 0 Å². The first-order valence-electron chi connectivity index (χ1n) is 9.48. The number of alkyl halides is 3. The van der Waals surface area contributed by atoms with Crippen LogP contribution in [0.5, 0.6) is 0 Å². The zero-order valence-corrected chi connectivity index (χ0v) is 17.0. The first-order chi connectivity index (χ1) is 13.1. The van der Waals surface area contributed by atoms with Gasteiger partial charge in [0.15, 0.2) is 0 Å². The molecule has 2 fully saturated rings. The van der Waals surface area contributed by atoms with Crippen molar-refractivity contribution in [2.75, 3.05) is 13.1 Å². The smallest absolute Gasteiger partial charge is 0.426 e. The minimum absolute atomic E-state index is 0.0181. The number of carbonyl (C=O) groups excluding carboxylic acids is 3. The number of hydrogen-bond acceptors (Lipinski definition) is 5. The van der Waals surface area contributed by atoms with Crippen LogP contribution in [0.1, 0.15) is 53.4 Å². The van der Waals surface area contributed by atoms with E-state index < -0.39 is 34.8 Å². The lowest BCUT2D eigenvalue weighted by molar-refractivity contribution is -0.250. The molecule has 0 aromatic carbocycles. The van der Waals surface area contributed by atoms with E-state index in [1.165, 1.54) is 0 Å². The number of hydrogen-bond donors (Lipinski definition) is 3. The molecule has 11 heteroatoms. The SMILES string of the molecule is CC(C)(C)OC(=O)NNC(=O)C1(C2CCN(C(=O)C(C)(O)C(F)(F)F)CC2)CC1. The standard InChI is InChI=1S/C18H28F3N3O5/c1-15(2,3)29-14(27)23-22-12(25)17(7-8-17)11-5-9-24(10-6-11)13(26)16(4,28)18(19,20)21/h11,28H,5-10H2,1-4H3,(H,22,25)(H,23,27). The first kappa shape index (κ1) is 23.2. The van der Waals surface area contributed by atoms with E-state index in [2.05, 4.69) is 10.9 Å². The third-order valence-electron chi connectivity index (χ3n) is 5.45. The van der Waals surface area contributed by atoms with Crippen molar-refractivity contribution in [2.45, 2.75) is 70.8 Å². The van der Waals surface area contributed by atoms with Gasteiger partial charge in [0, 0.05) is 13.1 Å². The number of aliphatic hydroxyl groups is 1. The summed E-state index contributed by atoms with van der Waals surface area (Å²) < 4.78 is 43.7. The van der Waals surface area contributed by atoms with E-state index in [0.717, 1.165) is 4.90 Å². The fraction of sp³-hybridized carbons (Fsp3) is 0.833. The number of amides is 3. The molecule has 1 atom stereocenters. The fourth-order valence-corrected chi connectivity index (χ4v) is 3.56. The number of piperidine rings is 1. The Labute approximate surface area is 167 Å². The largest absolute Gasteiger partial charge is 0.443 e. The van der Waals surface area contributed by atoms with Crippen molar-refractivity contribution in [1.29, 1.82) is 0 Å². The molecule has 0 spiro atoms. The Morgan fingerprint density at radius 2 is 1.55 bits per heavy atom. The molecule has 2 aliphatic rings. The molecular formula is C18H28F3N3O5. The highest BCUT2D eigenvalue weighted by Crippen LogP contribution is 2.55. The molecule has 1 aliphatic carbocycles. The number of carbonyl (C=O) groups is 3. The predicted octanol–water partition coefficient (Wildman–Crippen LogP) is 1.87. The maximum Gasteiger partial charge on any atom is 0.426 e. The molecule has 0 bridgehead atoms. The molecule has 2 rings (SSSR count). The third-order valence-corrected chi connectivity index (χ3v) is 5.45. The van der Waals surface area contributed by atoms with E-state index in [1.54, 1.807) is 20.8 Å². The highest BCUT2D eigenvalue weighted by Gasteiger charge is 2.59. The summed E-state index contributed by atoms with van der Waals surface area (Å²) >= 11 is 0. The quantitative estimate of drug-likeness (QED) is 0.601. The van der Waals surface area contributed by atoms with Gasteiger partial charge in [-0.3, -0.25) is 15.0 Å². The van der Waals surface area contributed by atoms with Crippen LogP contribution in [-0.2, 0) is 14.3 Å². The Morgan fingerprint density at radius 3 is 1.97 bits per heavy atom. The summed E-state index contributed by atoms with van der Waals surface area (Å²) in [5.41, 5.74) is -0.315. The molecule has 0 aromatic heterocycles. The Balaban J connectivity index is 1.89. The predicted molar refractivity (Wildman–Crippen MR) is 95.2 cm³/mol. The Hall–Kier alpha value is -2.04. The van der Waals surface area contributed by atoms with Gasteiger partial charge in [0.25, 0.3) is 5.91 Å². The maximum atomic E-state index is 12.9. The van der Waals surface area contributed by atoms with Crippen LogP contribution < -0.4 is 10.9 Å². The average molecular weight is 423 g/mol. The number of halogens is 3. The summed E-state index contributed by atoms with van der Waals surface area (Å²) in [7, 11) is 0. The molecule has 0 aromatic rings. The summed E-state index contributed by atoms with van der Waals surface area (Å²) in [4.78, 5) is 37.3. The lowest BCUT2D eigenvalue weighted by Crippen LogP contribution is -2.58. The minimum atomic E-state index is -5.06. The monoisotopic (exact) mass is 423 g/mol. The van der Waals surface area contributed by atoms with Crippen LogP contribution in [0.3, 0.4) is 0 Å². The van der Waals surface area contributed by atoms with Crippen LogP contribution in [0.25, 0.3) is 0 Å². The van der Waals surface area contributed by atoms with E-state index in [9.17, 15) is 32.7 Å². The highest BCUT2D eigenvalue weighted by atomic mass is 19.4. The van der Waals surface area contributed by atoms with Crippen LogP contribution in [0.4, 0.5) is 18.0 Å². The first-order valence-corrected chi connectivity index (χ1v) is 9.48. The molecule has 3 N–H and O–H groups in total. The van der Waals surface area contributed by atoms with E-state index >= 15 is 0 Å². The summed E-state index contributed by atoms with van der Waals surface area (Å²) in [5, 5.41) is 9.57. The number of ether oxygens (including phenoxy) is 1. The summed E-state index contributed by atoms with van der Waals surface area (Å²) in [6, 6.07) is 0. The van der Waals surface area contributed by atoms with E-state index in [0.29, 0.717) is 32.6 Å². The number of hydrazine groups is 1. The zero-order valence-electron chi connectivity index (χ0n) is 17.0. The Bertz CT molecular complexity index is 661. The van der Waals surface area contributed by atoms with E-state index in [-0.39, 0.29) is 24.9 Å². The van der Waals surface area contributed by atoms with Crippen LogP contribution in [-0.4, -0.2) is 58.4 Å². The van der Waals surface area contributed by atoms with Gasteiger partial charge in [-0.15, -0.1) is 0 Å². The van der Waals surface area contributed by atoms with Gasteiger partial charge in [0.2, 0.25) is 11.5 Å². The molecule has 3 amide bonds. The van der Waals surface area contributed by atoms with Crippen LogP contribution in [0.15, 0.2) is 0 Å². The molecule has 0 radical (unpaired) electrons. The molecule has 29 heavy (non-hydrogen) atoms. The second kappa shape index (κ2) is 7.66. The summed E-state index contributed by atoms with van der Waals surface area (Å²) in [6.07, 6.45) is -4.01. The van der Waals surface area contributed by atoms with Crippen molar-refractivity contribution >= 4 is 17.9 Å². The van der Waals surface area contributed by atoms with Crippen molar-refractivity contribution in [2.24, 2.45) is 11.3 Å². The van der Waals surface area contributed by atoms with Crippen molar-refractivity contribution in [3.8, 4) is 0 Å². The molecule has 1 saturated carbocycles. The summed E-state index contributed by atoms with van der Waals surface area (Å²) in [5.74, 6) is -1.90. The summed E-state index contributed by atoms with van der Waals surface area (Å²) in [6.45, 7) is 5.53. The van der Waals surface area contributed by atoms with E-state index in [1.807, 2.05) is 0 Å². The van der Waals surface area contributed by atoms with Gasteiger partial charge in [-0.2, -0.15) is 13.2 Å². The Morgan fingerprint density at radius 1 is 1.03 bits per heavy atom. The minimum Gasteiger partial charge on any atom is -0.443 e. The second-order valence-corrected chi connectivity index (χ2v) is 8.87.